The molecule has 0 atom stereocenters. The van der Waals surface area contributed by atoms with Gasteiger partial charge in [-0.1, -0.05) is 12.1 Å². The molecule has 1 aliphatic carbocycles. The molecule has 2 N–H and O–H groups in total. The Morgan fingerprint density at radius 3 is 2.67 bits per heavy atom. The first-order valence-corrected chi connectivity index (χ1v) is 8.10. The van der Waals surface area contributed by atoms with Crippen molar-refractivity contribution in [1.29, 1.82) is 0 Å². The molecule has 0 saturated heterocycles. The predicted molar refractivity (Wildman–Crippen MR) is 90.4 cm³/mol. The van der Waals surface area contributed by atoms with Crippen LogP contribution in [0.5, 0.6) is 0 Å². The van der Waals surface area contributed by atoms with Gasteiger partial charge in [-0.05, 0) is 42.7 Å². The maximum absolute atomic E-state index is 12.6. The Kier molecular flexibility index (Phi) is 3.65. The summed E-state index contributed by atoms with van der Waals surface area (Å²) in [6, 6.07) is 11.5. The molecule has 0 radical (unpaired) electrons. The molecule has 1 aromatic carbocycles. The number of benzene rings is 1. The second kappa shape index (κ2) is 5.96. The summed E-state index contributed by atoms with van der Waals surface area (Å²) in [4.78, 5) is 14.3. The highest BCUT2D eigenvalue weighted by Gasteiger charge is 2.26. The SMILES string of the molecule is CN(Cc1cc(C2CC2)n[nH]1)C(=O)c1ccc(-c2ccn[nH]2)cc1. The summed E-state index contributed by atoms with van der Waals surface area (Å²) < 4.78 is 0. The molecule has 2 aromatic heterocycles. The van der Waals surface area contributed by atoms with Gasteiger partial charge in [-0.3, -0.25) is 15.0 Å². The number of amides is 1. The van der Waals surface area contributed by atoms with Gasteiger partial charge in [0, 0.05) is 24.7 Å². The van der Waals surface area contributed by atoms with Crippen molar-refractivity contribution in [2.45, 2.75) is 25.3 Å². The van der Waals surface area contributed by atoms with Crippen LogP contribution in [0, 0.1) is 0 Å². The molecule has 0 aliphatic heterocycles. The van der Waals surface area contributed by atoms with Gasteiger partial charge in [0.1, 0.15) is 0 Å². The molecule has 24 heavy (non-hydrogen) atoms. The zero-order valence-corrected chi connectivity index (χ0v) is 13.5. The molecule has 0 bridgehead atoms. The van der Waals surface area contributed by atoms with Crippen molar-refractivity contribution in [3.63, 3.8) is 0 Å². The third-order valence-corrected chi connectivity index (χ3v) is 4.34. The fourth-order valence-electron chi connectivity index (χ4n) is 2.81. The first-order chi connectivity index (χ1) is 11.7. The molecule has 1 aliphatic rings. The lowest BCUT2D eigenvalue weighted by atomic mass is 10.1. The molecule has 122 valence electrons. The van der Waals surface area contributed by atoms with Crippen LogP contribution in [0.3, 0.4) is 0 Å². The highest BCUT2D eigenvalue weighted by Crippen LogP contribution is 2.39. The van der Waals surface area contributed by atoms with E-state index in [1.165, 1.54) is 12.8 Å². The standard InChI is InChI=1S/C18H19N5O/c1-23(11-15-10-17(22-20-15)13-2-3-13)18(24)14-6-4-12(5-7-14)16-8-9-19-21-16/h4-10,13H,2-3,11H2,1H3,(H,19,21)(H,20,22). The molecule has 1 fully saturated rings. The summed E-state index contributed by atoms with van der Waals surface area (Å²) in [6.07, 6.45) is 4.16. The number of carbonyl (C=O) groups is 1. The van der Waals surface area contributed by atoms with Crippen molar-refractivity contribution < 1.29 is 4.79 Å². The highest BCUT2D eigenvalue weighted by atomic mass is 16.2. The zero-order chi connectivity index (χ0) is 16.5. The number of aromatic nitrogens is 4. The summed E-state index contributed by atoms with van der Waals surface area (Å²) in [5.74, 6) is 0.611. The molecule has 4 rings (SSSR count). The lowest BCUT2D eigenvalue weighted by Crippen LogP contribution is -2.26. The van der Waals surface area contributed by atoms with Gasteiger partial charge in [-0.2, -0.15) is 10.2 Å². The summed E-state index contributed by atoms with van der Waals surface area (Å²) in [6.45, 7) is 0.529. The molecule has 0 unspecified atom stereocenters. The molecular weight excluding hydrogens is 302 g/mol. The maximum atomic E-state index is 12.6. The van der Waals surface area contributed by atoms with Crippen LogP contribution in [0.2, 0.25) is 0 Å². The van der Waals surface area contributed by atoms with Crippen LogP contribution in [-0.2, 0) is 6.54 Å². The molecule has 2 heterocycles. The van der Waals surface area contributed by atoms with Gasteiger partial charge in [-0.25, -0.2) is 0 Å². The highest BCUT2D eigenvalue weighted by molar-refractivity contribution is 5.94. The number of carbonyl (C=O) groups excluding carboxylic acids is 1. The van der Waals surface area contributed by atoms with E-state index in [2.05, 4.69) is 26.5 Å². The topological polar surface area (TPSA) is 77.7 Å². The van der Waals surface area contributed by atoms with Crippen molar-refractivity contribution >= 4 is 5.91 Å². The van der Waals surface area contributed by atoms with Crippen molar-refractivity contribution in [1.82, 2.24) is 25.3 Å². The van der Waals surface area contributed by atoms with E-state index in [4.69, 9.17) is 0 Å². The normalized spacial score (nSPS) is 13.9. The molecule has 6 heteroatoms. The quantitative estimate of drug-likeness (QED) is 0.758. The molecular formula is C18H19N5O. The van der Waals surface area contributed by atoms with Crippen molar-refractivity contribution in [3.8, 4) is 11.3 Å². The molecule has 1 amide bonds. The molecule has 6 nitrogen and oxygen atoms in total. The van der Waals surface area contributed by atoms with E-state index >= 15 is 0 Å². The largest absolute Gasteiger partial charge is 0.336 e. The average Bonchev–Trinajstić information content (AvgIpc) is 3.11. The number of hydrogen-bond acceptors (Lipinski definition) is 3. The smallest absolute Gasteiger partial charge is 0.253 e. The summed E-state index contributed by atoms with van der Waals surface area (Å²) in [5, 5.41) is 14.2. The Bertz CT molecular complexity index is 831. The van der Waals surface area contributed by atoms with E-state index in [0.29, 0.717) is 18.0 Å². The molecule has 0 spiro atoms. The number of hydrogen-bond donors (Lipinski definition) is 2. The first kappa shape index (κ1) is 14.7. The fraction of sp³-hybridized carbons (Fsp3) is 0.278. The van der Waals surface area contributed by atoms with E-state index in [1.807, 2.05) is 37.4 Å². The Morgan fingerprint density at radius 1 is 1.21 bits per heavy atom. The van der Waals surface area contributed by atoms with Crippen LogP contribution >= 0.6 is 0 Å². The average molecular weight is 321 g/mol. The fourth-order valence-corrected chi connectivity index (χ4v) is 2.81. The third-order valence-electron chi connectivity index (χ3n) is 4.34. The van der Waals surface area contributed by atoms with E-state index in [0.717, 1.165) is 22.6 Å². The lowest BCUT2D eigenvalue weighted by Gasteiger charge is -2.16. The summed E-state index contributed by atoms with van der Waals surface area (Å²) in [7, 11) is 1.81. The van der Waals surface area contributed by atoms with E-state index in [9.17, 15) is 4.79 Å². The van der Waals surface area contributed by atoms with Crippen LogP contribution in [0.25, 0.3) is 11.3 Å². The summed E-state index contributed by atoms with van der Waals surface area (Å²) >= 11 is 0. The van der Waals surface area contributed by atoms with Crippen molar-refractivity contribution in [2.24, 2.45) is 0 Å². The monoisotopic (exact) mass is 321 g/mol. The minimum Gasteiger partial charge on any atom is -0.336 e. The van der Waals surface area contributed by atoms with Gasteiger partial charge in [0.25, 0.3) is 5.91 Å². The predicted octanol–water partition coefficient (Wildman–Crippen LogP) is 2.95. The molecule has 3 aromatic rings. The molecule has 1 saturated carbocycles. The van der Waals surface area contributed by atoms with Gasteiger partial charge in [0.05, 0.1) is 23.6 Å². The van der Waals surface area contributed by atoms with Crippen LogP contribution in [0.4, 0.5) is 0 Å². The maximum Gasteiger partial charge on any atom is 0.253 e. The number of rotatable bonds is 5. The first-order valence-electron chi connectivity index (χ1n) is 8.10. The third kappa shape index (κ3) is 2.95. The minimum atomic E-state index is -0.00580. The van der Waals surface area contributed by atoms with E-state index in [-0.39, 0.29) is 5.91 Å². The van der Waals surface area contributed by atoms with Crippen LogP contribution in [0.1, 0.15) is 40.5 Å². The van der Waals surface area contributed by atoms with E-state index < -0.39 is 0 Å². The lowest BCUT2D eigenvalue weighted by molar-refractivity contribution is 0.0783. The van der Waals surface area contributed by atoms with Crippen molar-refractivity contribution in [2.75, 3.05) is 7.05 Å². The summed E-state index contributed by atoms with van der Waals surface area (Å²) in [5.41, 5.74) is 4.71. The van der Waals surface area contributed by atoms with Crippen LogP contribution < -0.4 is 0 Å². The number of H-pyrrole nitrogens is 2. The van der Waals surface area contributed by atoms with Crippen LogP contribution in [-0.4, -0.2) is 38.2 Å². The Balaban J connectivity index is 1.43. The zero-order valence-electron chi connectivity index (χ0n) is 13.5. The number of nitrogens with zero attached hydrogens (tertiary/aromatic N) is 3. The van der Waals surface area contributed by atoms with Gasteiger partial charge < -0.3 is 4.90 Å². The van der Waals surface area contributed by atoms with Crippen molar-refractivity contribution in [3.05, 3.63) is 59.5 Å². The van der Waals surface area contributed by atoms with Crippen LogP contribution in [0.15, 0.2) is 42.6 Å². The van der Waals surface area contributed by atoms with Gasteiger partial charge in [0.2, 0.25) is 0 Å². The van der Waals surface area contributed by atoms with E-state index in [1.54, 1.807) is 11.1 Å². The van der Waals surface area contributed by atoms with Gasteiger partial charge >= 0.3 is 0 Å². The Morgan fingerprint density at radius 2 is 2.00 bits per heavy atom. The number of aromatic amines is 2. The van der Waals surface area contributed by atoms with Gasteiger partial charge in [0.15, 0.2) is 0 Å². The van der Waals surface area contributed by atoms with Gasteiger partial charge in [-0.15, -0.1) is 0 Å². The second-order valence-electron chi connectivity index (χ2n) is 6.30. The Labute approximate surface area is 139 Å². The number of nitrogens with one attached hydrogen (secondary N) is 2. The second-order valence-corrected chi connectivity index (χ2v) is 6.30. The minimum absolute atomic E-state index is 0.00580. The Hall–Kier alpha value is -2.89.